The van der Waals surface area contributed by atoms with Gasteiger partial charge in [0.1, 0.15) is 0 Å². The van der Waals surface area contributed by atoms with Gasteiger partial charge in [-0.25, -0.2) is 12.8 Å². The molecule has 0 N–H and O–H groups in total. The highest BCUT2D eigenvalue weighted by molar-refractivity contribution is 7.92. The molecule has 0 atom stereocenters. The number of sulfonamides is 1. The molecule has 0 radical (unpaired) electrons. The van der Waals surface area contributed by atoms with Crippen molar-refractivity contribution in [1.29, 1.82) is 0 Å². The maximum Gasteiger partial charge on any atom is 0.264 e. The average Bonchev–Trinajstić information content (AvgIpc) is 2.55. The van der Waals surface area contributed by atoms with Crippen molar-refractivity contribution in [3.05, 3.63) is 53.8 Å². The van der Waals surface area contributed by atoms with Crippen LogP contribution in [0.2, 0.25) is 0 Å². The largest absolute Gasteiger partial charge is 0.494 e. The summed E-state index contributed by atoms with van der Waals surface area (Å²) in [6.45, 7) is 4.02. The van der Waals surface area contributed by atoms with Crippen LogP contribution >= 0.6 is 0 Å². The molecule has 0 aliphatic rings. The van der Waals surface area contributed by atoms with Crippen molar-refractivity contribution in [2.24, 2.45) is 0 Å². The highest BCUT2D eigenvalue weighted by Crippen LogP contribution is 2.27. The molecule has 6 heteroatoms. The van der Waals surface area contributed by atoms with Crippen LogP contribution in [0.1, 0.15) is 19.4 Å². The van der Waals surface area contributed by atoms with Gasteiger partial charge in [0, 0.05) is 6.54 Å². The van der Waals surface area contributed by atoms with Crippen molar-refractivity contribution in [2.45, 2.75) is 25.2 Å². The molecule has 0 bridgehead atoms. The minimum Gasteiger partial charge on any atom is -0.494 e. The second kappa shape index (κ2) is 7.00. The van der Waals surface area contributed by atoms with Crippen molar-refractivity contribution in [3.63, 3.8) is 0 Å². The molecule has 23 heavy (non-hydrogen) atoms. The van der Waals surface area contributed by atoms with E-state index in [1.165, 1.54) is 23.5 Å². The topological polar surface area (TPSA) is 46.6 Å². The molecule has 2 aromatic carbocycles. The van der Waals surface area contributed by atoms with E-state index in [9.17, 15) is 12.8 Å². The first-order chi connectivity index (χ1) is 10.9. The molecule has 2 aromatic rings. The van der Waals surface area contributed by atoms with Gasteiger partial charge < -0.3 is 4.74 Å². The second-order valence-corrected chi connectivity index (χ2v) is 6.85. The summed E-state index contributed by atoms with van der Waals surface area (Å²) in [6.07, 6.45) is 0.878. The number of hydrogen-bond acceptors (Lipinski definition) is 3. The SMILES string of the molecule is CCc1ccc(N(CC)S(=O)(=O)c2ccc(OC)c(F)c2)cc1. The minimum atomic E-state index is -3.83. The summed E-state index contributed by atoms with van der Waals surface area (Å²) < 4.78 is 45.5. The molecule has 0 aromatic heterocycles. The predicted molar refractivity (Wildman–Crippen MR) is 89.0 cm³/mol. The van der Waals surface area contributed by atoms with Crippen LogP contribution in [0.15, 0.2) is 47.4 Å². The van der Waals surface area contributed by atoms with Gasteiger partial charge >= 0.3 is 0 Å². The standard InChI is InChI=1S/C17H20FNO3S/c1-4-13-6-8-14(9-7-13)19(5-2)23(20,21)15-10-11-17(22-3)16(18)12-15/h6-12H,4-5H2,1-3H3. The molecule has 0 unspecified atom stereocenters. The Balaban J connectivity index is 2.43. The first-order valence-electron chi connectivity index (χ1n) is 7.39. The van der Waals surface area contributed by atoms with Gasteiger partial charge in [0.25, 0.3) is 10.0 Å². The van der Waals surface area contributed by atoms with Crippen LogP contribution in [-0.4, -0.2) is 22.1 Å². The van der Waals surface area contributed by atoms with E-state index in [1.807, 2.05) is 19.1 Å². The number of hydrogen-bond donors (Lipinski definition) is 0. The smallest absolute Gasteiger partial charge is 0.264 e. The van der Waals surface area contributed by atoms with Crippen molar-refractivity contribution >= 4 is 15.7 Å². The molecular formula is C17H20FNO3S. The van der Waals surface area contributed by atoms with E-state index in [0.29, 0.717) is 5.69 Å². The zero-order chi connectivity index (χ0) is 17.0. The Kier molecular flexibility index (Phi) is 5.26. The van der Waals surface area contributed by atoms with Gasteiger partial charge in [-0.2, -0.15) is 0 Å². The molecule has 0 spiro atoms. The third-order valence-corrected chi connectivity index (χ3v) is 5.53. The van der Waals surface area contributed by atoms with Crippen LogP contribution in [0, 0.1) is 5.82 Å². The summed E-state index contributed by atoms with van der Waals surface area (Å²) in [5.74, 6) is -0.690. The lowest BCUT2D eigenvalue weighted by Crippen LogP contribution is -2.30. The van der Waals surface area contributed by atoms with E-state index in [4.69, 9.17) is 4.74 Å². The van der Waals surface area contributed by atoms with E-state index in [-0.39, 0.29) is 17.2 Å². The molecule has 0 heterocycles. The van der Waals surface area contributed by atoms with Crippen LogP contribution in [0.3, 0.4) is 0 Å². The van der Waals surface area contributed by atoms with Crippen LogP contribution in [0.4, 0.5) is 10.1 Å². The lowest BCUT2D eigenvalue weighted by molar-refractivity contribution is 0.385. The van der Waals surface area contributed by atoms with E-state index in [0.717, 1.165) is 18.1 Å². The molecule has 0 saturated heterocycles. The number of methoxy groups -OCH3 is 1. The fourth-order valence-electron chi connectivity index (χ4n) is 2.32. The third kappa shape index (κ3) is 3.47. The Bertz CT molecular complexity index is 773. The van der Waals surface area contributed by atoms with Crippen molar-refractivity contribution in [1.82, 2.24) is 0 Å². The molecule has 0 fully saturated rings. The van der Waals surface area contributed by atoms with E-state index in [2.05, 4.69) is 0 Å². The van der Waals surface area contributed by atoms with Crippen LogP contribution < -0.4 is 9.04 Å². The summed E-state index contributed by atoms with van der Waals surface area (Å²) in [4.78, 5) is -0.0998. The van der Waals surface area contributed by atoms with Crippen molar-refractivity contribution in [2.75, 3.05) is 18.0 Å². The fraction of sp³-hybridized carbons (Fsp3) is 0.294. The highest BCUT2D eigenvalue weighted by atomic mass is 32.2. The van der Waals surface area contributed by atoms with E-state index < -0.39 is 15.8 Å². The lowest BCUT2D eigenvalue weighted by atomic mass is 10.1. The Morgan fingerprint density at radius 1 is 1.09 bits per heavy atom. The van der Waals surface area contributed by atoms with Gasteiger partial charge in [-0.15, -0.1) is 0 Å². The van der Waals surface area contributed by atoms with Gasteiger partial charge in [-0.1, -0.05) is 19.1 Å². The first kappa shape index (κ1) is 17.3. The number of anilines is 1. The second-order valence-electron chi connectivity index (χ2n) is 4.99. The molecule has 4 nitrogen and oxygen atoms in total. The number of ether oxygens (including phenoxy) is 1. The van der Waals surface area contributed by atoms with Crippen molar-refractivity contribution in [3.8, 4) is 5.75 Å². The molecule has 2 rings (SSSR count). The average molecular weight is 337 g/mol. The van der Waals surface area contributed by atoms with Gasteiger partial charge in [0.2, 0.25) is 0 Å². The summed E-state index contributed by atoms with van der Waals surface area (Å²) in [5.41, 5.74) is 1.68. The van der Waals surface area contributed by atoms with E-state index in [1.54, 1.807) is 19.1 Å². The number of benzene rings is 2. The molecular weight excluding hydrogens is 317 g/mol. The fourth-order valence-corrected chi connectivity index (χ4v) is 3.81. The quantitative estimate of drug-likeness (QED) is 0.809. The van der Waals surface area contributed by atoms with Gasteiger partial charge in [0.05, 0.1) is 17.7 Å². The first-order valence-corrected chi connectivity index (χ1v) is 8.83. The molecule has 0 saturated carbocycles. The van der Waals surface area contributed by atoms with E-state index >= 15 is 0 Å². The number of nitrogens with zero attached hydrogens (tertiary/aromatic N) is 1. The summed E-state index contributed by atoms with van der Waals surface area (Å²) in [6, 6.07) is 11.0. The van der Waals surface area contributed by atoms with Gasteiger partial charge in [-0.3, -0.25) is 4.31 Å². The Hall–Kier alpha value is -2.08. The Labute approximate surface area is 136 Å². The maximum absolute atomic E-state index is 13.8. The van der Waals surface area contributed by atoms with Crippen LogP contribution in [-0.2, 0) is 16.4 Å². The Morgan fingerprint density at radius 2 is 1.74 bits per heavy atom. The van der Waals surface area contributed by atoms with Gasteiger partial charge in [0.15, 0.2) is 11.6 Å². The minimum absolute atomic E-state index is 0.0132. The van der Waals surface area contributed by atoms with Crippen LogP contribution in [0.5, 0.6) is 5.75 Å². The molecule has 0 amide bonds. The normalized spacial score (nSPS) is 11.3. The molecule has 0 aliphatic heterocycles. The predicted octanol–water partition coefficient (Wildman–Crippen LogP) is 3.61. The summed E-state index contributed by atoms with van der Waals surface area (Å²) in [7, 11) is -2.50. The zero-order valence-electron chi connectivity index (χ0n) is 13.4. The summed E-state index contributed by atoms with van der Waals surface area (Å²) >= 11 is 0. The summed E-state index contributed by atoms with van der Waals surface area (Å²) in [5, 5.41) is 0. The molecule has 124 valence electrons. The highest BCUT2D eigenvalue weighted by Gasteiger charge is 2.24. The number of halogens is 1. The molecule has 0 aliphatic carbocycles. The van der Waals surface area contributed by atoms with Crippen molar-refractivity contribution < 1.29 is 17.5 Å². The lowest BCUT2D eigenvalue weighted by Gasteiger charge is -2.23. The van der Waals surface area contributed by atoms with Gasteiger partial charge in [-0.05, 0) is 49.2 Å². The monoisotopic (exact) mass is 337 g/mol. The van der Waals surface area contributed by atoms with Crippen LogP contribution in [0.25, 0.3) is 0 Å². The zero-order valence-corrected chi connectivity index (χ0v) is 14.2. The number of rotatable bonds is 6. The Morgan fingerprint density at radius 3 is 2.22 bits per heavy atom. The maximum atomic E-state index is 13.8. The number of aryl methyl sites for hydroxylation is 1. The third-order valence-electron chi connectivity index (χ3n) is 3.63.